The van der Waals surface area contributed by atoms with E-state index in [1.54, 1.807) is 11.3 Å². The second-order valence-electron chi connectivity index (χ2n) is 5.34. The molecule has 1 heterocycles. The molecule has 1 aliphatic carbocycles. The second kappa shape index (κ2) is 5.81. The number of aliphatic carboxylic acids is 1. The molecule has 1 aromatic carbocycles. The standard InChI is InChI=1S/C15H16N2O3S/c18-14(9-5-6-10(7-9)15(19)20)16-8-13-17-11-3-1-2-4-12(11)21-13/h1-4,9-10H,5-8H2,(H,16,18)(H,19,20). The highest BCUT2D eigenvalue weighted by Gasteiger charge is 2.33. The third-order valence-corrected chi connectivity index (χ3v) is 4.94. The minimum Gasteiger partial charge on any atom is -0.481 e. The number of benzene rings is 1. The summed E-state index contributed by atoms with van der Waals surface area (Å²) in [4.78, 5) is 27.4. The Labute approximate surface area is 126 Å². The molecule has 2 atom stereocenters. The molecule has 0 radical (unpaired) electrons. The van der Waals surface area contributed by atoms with Gasteiger partial charge in [-0.2, -0.15) is 0 Å². The van der Waals surface area contributed by atoms with Crippen LogP contribution in [-0.2, 0) is 16.1 Å². The van der Waals surface area contributed by atoms with Gasteiger partial charge in [-0.1, -0.05) is 12.1 Å². The maximum atomic E-state index is 12.1. The smallest absolute Gasteiger partial charge is 0.306 e. The monoisotopic (exact) mass is 304 g/mol. The van der Waals surface area contributed by atoms with Crippen molar-refractivity contribution in [3.05, 3.63) is 29.3 Å². The van der Waals surface area contributed by atoms with E-state index >= 15 is 0 Å². The molecule has 1 aliphatic rings. The first-order chi connectivity index (χ1) is 10.1. The first kappa shape index (κ1) is 14.0. The number of fused-ring (bicyclic) bond motifs is 1. The zero-order valence-corrected chi connectivity index (χ0v) is 12.2. The van der Waals surface area contributed by atoms with E-state index in [0.717, 1.165) is 15.2 Å². The van der Waals surface area contributed by atoms with Gasteiger partial charge < -0.3 is 10.4 Å². The van der Waals surface area contributed by atoms with Gasteiger partial charge in [0.25, 0.3) is 0 Å². The Morgan fingerprint density at radius 2 is 2.05 bits per heavy atom. The number of carbonyl (C=O) groups is 2. The van der Waals surface area contributed by atoms with Crippen LogP contribution in [0.5, 0.6) is 0 Å². The number of rotatable bonds is 4. The van der Waals surface area contributed by atoms with Crippen LogP contribution in [0.4, 0.5) is 0 Å². The van der Waals surface area contributed by atoms with Gasteiger partial charge in [-0.05, 0) is 31.4 Å². The summed E-state index contributed by atoms with van der Waals surface area (Å²) in [6.07, 6.45) is 1.69. The quantitative estimate of drug-likeness (QED) is 0.909. The van der Waals surface area contributed by atoms with Crippen molar-refractivity contribution in [2.45, 2.75) is 25.8 Å². The SMILES string of the molecule is O=C(O)C1CCC(C(=O)NCc2nc3ccccc3s2)C1. The number of carboxylic acid groups (broad SMARTS) is 1. The second-order valence-corrected chi connectivity index (χ2v) is 6.45. The van der Waals surface area contributed by atoms with Crippen LogP contribution in [0.15, 0.2) is 24.3 Å². The van der Waals surface area contributed by atoms with Crippen molar-refractivity contribution in [1.82, 2.24) is 10.3 Å². The van der Waals surface area contributed by atoms with E-state index in [0.29, 0.717) is 25.8 Å². The van der Waals surface area contributed by atoms with Crippen molar-refractivity contribution in [2.75, 3.05) is 0 Å². The Balaban J connectivity index is 1.57. The van der Waals surface area contributed by atoms with Gasteiger partial charge >= 0.3 is 5.97 Å². The molecular weight excluding hydrogens is 288 g/mol. The minimum absolute atomic E-state index is 0.0574. The molecule has 1 amide bonds. The number of aromatic nitrogens is 1. The molecule has 1 fully saturated rings. The highest BCUT2D eigenvalue weighted by atomic mass is 32.1. The van der Waals surface area contributed by atoms with Gasteiger partial charge in [0.05, 0.1) is 22.7 Å². The van der Waals surface area contributed by atoms with E-state index in [4.69, 9.17) is 5.11 Å². The molecule has 0 saturated heterocycles. The van der Waals surface area contributed by atoms with E-state index in [9.17, 15) is 9.59 Å². The number of carbonyl (C=O) groups excluding carboxylic acids is 1. The van der Waals surface area contributed by atoms with Gasteiger partial charge in [0.2, 0.25) is 5.91 Å². The third kappa shape index (κ3) is 3.05. The summed E-state index contributed by atoms with van der Waals surface area (Å²) >= 11 is 1.57. The molecule has 6 heteroatoms. The van der Waals surface area contributed by atoms with Gasteiger partial charge in [-0.15, -0.1) is 11.3 Å². The highest BCUT2D eigenvalue weighted by Crippen LogP contribution is 2.31. The summed E-state index contributed by atoms with van der Waals surface area (Å²) in [7, 11) is 0. The molecule has 5 nitrogen and oxygen atoms in total. The summed E-state index contributed by atoms with van der Waals surface area (Å²) in [6.45, 7) is 0.409. The van der Waals surface area contributed by atoms with E-state index in [1.807, 2.05) is 24.3 Å². The topological polar surface area (TPSA) is 79.3 Å². The lowest BCUT2D eigenvalue weighted by molar-refractivity contribution is -0.141. The zero-order chi connectivity index (χ0) is 14.8. The molecule has 0 aliphatic heterocycles. The van der Waals surface area contributed by atoms with Crippen molar-refractivity contribution >= 4 is 33.4 Å². The number of nitrogens with zero attached hydrogens (tertiary/aromatic N) is 1. The van der Waals surface area contributed by atoms with Crippen molar-refractivity contribution in [3.63, 3.8) is 0 Å². The number of hydrogen-bond donors (Lipinski definition) is 2. The first-order valence-corrected chi connectivity index (χ1v) is 7.80. The number of thiazole rings is 1. The van der Waals surface area contributed by atoms with Crippen molar-refractivity contribution < 1.29 is 14.7 Å². The number of amides is 1. The lowest BCUT2D eigenvalue weighted by Crippen LogP contribution is -2.29. The molecule has 0 spiro atoms. The molecule has 1 aromatic heterocycles. The molecule has 2 N–H and O–H groups in total. The number of hydrogen-bond acceptors (Lipinski definition) is 4. The van der Waals surface area contributed by atoms with Crippen LogP contribution in [-0.4, -0.2) is 22.0 Å². The van der Waals surface area contributed by atoms with Gasteiger partial charge in [-0.3, -0.25) is 9.59 Å². The fourth-order valence-electron chi connectivity index (χ4n) is 2.75. The number of para-hydroxylation sites is 1. The molecule has 21 heavy (non-hydrogen) atoms. The lowest BCUT2D eigenvalue weighted by atomic mass is 10.0. The van der Waals surface area contributed by atoms with Crippen LogP contribution in [0.1, 0.15) is 24.3 Å². The van der Waals surface area contributed by atoms with Crippen molar-refractivity contribution in [1.29, 1.82) is 0 Å². The van der Waals surface area contributed by atoms with Gasteiger partial charge in [0, 0.05) is 5.92 Å². The molecule has 2 unspecified atom stereocenters. The predicted molar refractivity (Wildman–Crippen MR) is 79.9 cm³/mol. The summed E-state index contributed by atoms with van der Waals surface area (Å²) in [5.74, 6) is -1.40. The molecule has 2 aromatic rings. The fraction of sp³-hybridized carbons (Fsp3) is 0.400. The number of carboxylic acids is 1. The average Bonchev–Trinajstić information content (AvgIpc) is 3.11. The highest BCUT2D eigenvalue weighted by molar-refractivity contribution is 7.18. The average molecular weight is 304 g/mol. The fourth-order valence-corrected chi connectivity index (χ4v) is 3.65. The minimum atomic E-state index is -0.795. The Morgan fingerprint density at radius 1 is 1.29 bits per heavy atom. The maximum absolute atomic E-state index is 12.1. The predicted octanol–water partition coefficient (Wildman–Crippen LogP) is 2.41. The molecule has 110 valence electrons. The Kier molecular flexibility index (Phi) is 3.88. The van der Waals surface area contributed by atoms with Crippen LogP contribution in [0.2, 0.25) is 0 Å². The Morgan fingerprint density at radius 3 is 2.76 bits per heavy atom. The van der Waals surface area contributed by atoms with E-state index in [2.05, 4.69) is 10.3 Å². The van der Waals surface area contributed by atoms with Crippen LogP contribution in [0.3, 0.4) is 0 Å². The molecular formula is C15H16N2O3S. The summed E-state index contributed by atoms with van der Waals surface area (Å²) in [6, 6.07) is 7.86. The number of nitrogens with one attached hydrogen (secondary N) is 1. The van der Waals surface area contributed by atoms with Crippen LogP contribution in [0.25, 0.3) is 10.2 Å². The molecule has 3 rings (SSSR count). The molecule has 1 saturated carbocycles. The van der Waals surface area contributed by atoms with Crippen LogP contribution >= 0.6 is 11.3 Å². The maximum Gasteiger partial charge on any atom is 0.306 e. The van der Waals surface area contributed by atoms with Gasteiger partial charge in [-0.25, -0.2) is 4.98 Å². The van der Waals surface area contributed by atoms with Crippen LogP contribution < -0.4 is 5.32 Å². The lowest BCUT2D eigenvalue weighted by Gasteiger charge is -2.09. The van der Waals surface area contributed by atoms with Crippen LogP contribution in [0, 0.1) is 11.8 Å². The van der Waals surface area contributed by atoms with E-state index in [-0.39, 0.29) is 17.7 Å². The zero-order valence-electron chi connectivity index (χ0n) is 11.4. The van der Waals surface area contributed by atoms with Gasteiger partial charge in [0.15, 0.2) is 0 Å². The summed E-state index contributed by atoms with van der Waals surface area (Å²) in [5.41, 5.74) is 0.943. The summed E-state index contributed by atoms with van der Waals surface area (Å²) < 4.78 is 1.11. The van der Waals surface area contributed by atoms with Crippen molar-refractivity contribution in [2.24, 2.45) is 11.8 Å². The third-order valence-electron chi connectivity index (χ3n) is 3.90. The Hall–Kier alpha value is -1.95. The normalized spacial score (nSPS) is 21.5. The van der Waals surface area contributed by atoms with E-state index in [1.165, 1.54) is 0 Å². The van der Waals surface area contributed by atoms with E-state index < -0.39 is 5.97 Å². The summed E-state index contributed by atoms with van der Waals surface area (Å²) in [5, 5.41) is 12.7. The largest absolute Gasteiger partial charge is 0.481 e. The van der Waals surface area contributed by atoms with Crippen molar-refractivity contribution in [3.8, 4) is 0 Å². The Bertz CT molecular complexity index is 649. The first-order valence-electron chi connectivity index (χ1n) is 6.98. The van der Waals surface area contributed by atoms with Gasteiger partial charge in [0.1, 0.15) is 5.01 Å². The molecule has 0 bridgehead atoms.